The molecule has 2 aliphatic carbocycles. The van der Waals surface area contributed by atoms with Crippen LogP contribution in [0.25, 0.3) is 60.9 Å². The zero-order chi connectivity index (χ0) is 41.1. The highest BCUT2D eigenvalue weighted by atomic mass is 15.1. The van der Waals surface area contributed by atoms with Gasteiger partial charge in [-0.1, -0.05) is 161 Å². The first-order valence-corrected chi connectivity index (χ1v) is 22.4. The Morgan fingerprint density at radius 3 is 1.77 bits per heavy atom. The van der Waals surface area contributed by atoms with E-state index in [9.17, 15) is 0 Å². The second kappa shape index (κ2) is 15.1. The van der Waals surface area contributed by atoms with E-state index in [1.54, 1.807) is 0 Å². The molecule has 1 saturated carbocycles. The maximum Gasteiger partial charge on any atom is 0.0541 e. The van der Waals surface area contributed by atoms with Gasteiger partial charge in [-0.2, -0.15) is 0 Å². The lowest BCUT2D eigenvalue weighted by Crippen LogP contribution is -2.34. The minimum Gasteiger partial charge on any atom is -0.310 e. The van der Waals surface area contributed by atoms with Crippen LogP contribution >= 0.6 is 0 Å². The van der Waals surface area contributed by atoms with Crippen LogP contribution in [0.1, 0.15) is 57.6 Å². The largest absolute Gasteiger partial charge is 0.310 e. The fourth-order valence-electron chi connectivity index (χ4n) is 11.6. The Labute approximate surface area is 360 Å². The first kappa shape index (κ1) is 37.4. The molecule has 1 fully saturated rings. The van der Waals surface area contributed by atoms with Gasteiger partial charge in [-0.05, 0) is 137 Å². The average Bonchev–Trinajstić information content (AvgIpc) is 3.75. The van der Waals surface area contributed by atoms with Crippen LogP contribution in [0.5, 0.6) is 0 Å². The van der Waals surface area contributed by atoms with E-state index < -0.39 is 0 Å². The van der Waals surface area contributed by atoms with E-state index in [-0.39, 0.29) is 5.41 Å². The highest BCUT2D eigenvalue weighted by Crippen LogP contribution is 2.59. The van der Waals surface area contributed by atoms with E-state index in [0.717, 1.165) is 28.7 Å². The summed E-state index contributed by atoms with van der Waals surface area (Å²) in [4.78, 5) is 2.45. The fraction of sp³-hybridized carbons (Fsp3) is 0.186. The molecule has 1 spiro atoms. The predicted octanol–water partition coefficient (Wildman–Crippen LogP) is 16.3. The Hall–Kier alpha value is -6.64. The van der Waals surface area contributed by atoms with Crippen molar-refractivity contribution in [3.05, 3.63) is 205 Å². The minimum absolute atomic E-state index is 0.0396. The molecule has 2 aliphatic rings. The molecule has 61 heavy (non-hydrogen) atoms. The third-order valence-electron chi connectivity index (χ3n) is 14.3. The van der Waals surface area contributed by atoms with Gasteiger partial charge < -0.3 is 9.47 Å². The molecule has 2 heteroatoms. The zero-order valence-corrected chi connectivity index (χ0v) is 35.4. The molecular formula is C59H52N2. The van der Waals surface area contributed by atoms with Crippen molar-refractivity contribution in [3.63, 3.8) is 0 Å². The van der Waals surface area contributed by atoms with E-state index in [1.807, 2.05) is 0 Å². The topological polar surface area (TPSA) is 8.17 Å². The molecule has 1 unspecified atom stereocenters. The van der Waals surface area contributed by atoms with Gasteiger partial charge in [-0.15, -0.1) is 0 Å². The summed E-state index contributed by atoms with van der Waals surface area (Å²) in [6.45, 7) is 7.44. The summed E-state index contributed by atoms with van der Waals surface area (Å²) in [6, 6.07) is 72.2. The molecule has 11 rings (SSSR count). The van der Waals surface area contributed by atoms with Crippen molar-refractivity contribution in [1.82, 2.24) is 4.57 Å². The van der Waals surface area contributed by atoms with E-state index in [2.05, 4.69) is 224 Å². The summed E-state index contributed by atoms with van der Waals surface area (Å²) in [7, 11) is 0. The monoisotopic (exact) mass is 788 g/mol. The van der Waals surface area contributed by atoms with E-state index in [1.165, 1.54) is 92.0 Å². The molecule has 8 aromatic carbocycles. The average molecular weight is 789 g/mol. The normalized spacial score (nSPS) is 19.5. The van der Waals surface area contributed by atoms with Crippen LogP contribution in [0.3, 0.4) is 0 Å². The van der Waals surface area contributed by atoms with Gasteiger partial charge >= 0.3 is 0 Å². The van der Waals surface area contributed by atoms with Crippen LogP contribution in [0.2, 0.25) is 0 Å². The van der Waals surface area contributed by atoms with E-state index in [0.29, 0.717) is 11.8 Å². The Morgan fingerprint density at radius 2 is 1.07 bits per heavy atom. The van der Waals surface area contributed by atoms with Crippen molar-refractivity contribution in [2.75, 3.05) is 4.90 Å². The molecule has 298 valence electrons. The molecule has 9 aromatic rings. The number of anilines is 3. The lowest BCUT2D eigenvalue weighted by molar-refractivity contribution is 0.296. The first-order chi connectivity index (χ1) is 30.0. The Kier molecular flexibility index (Phi) is 9.26. The van der Waals surface area contributed by atoms with E-state index >= 15 is 0 Å². The van der Waals surface area contributed by atoms with Crippen LogP contribution in [-0.2, 0) is 5.41 Å². The molecular weight excluding hydrogens is 737 g/mol. The second-order valence-corrected chi connectivity index (χ2v) is 17.9. The van der Waals surface area contributed by atoms with Gasteiger partial charge in [0, 0.05) is 38.8 Å². The third kappa shape index (κ3) is 6.14. The third-order valence-corrected chi connectivity index (χ3v) is 14.3. The summed E-state index contributed by atoms with van der Waals surface area (Å²) < 4.78 is 2.40. The van der Waals surface area contributed by atoms with Gasteiger partial charge in [-0.25, -0.2) is 0 Å². The molecule has 0 N–H and O–H groups in total. The molecule has 0 saturated heterocycles. The van der Waals surface area contributed by atoms with Gasteiger partial charge in [0.2, 0.25) is 0 Å². The second-order valence-electron chi connectivity index (χ2n) is 17.9. The van der Waals surface area contributed by atoms with Crippen LogP contribution in [-0.4, -0.2) is 4.57 Å². The fourth-order valence-corrected chi connectivity index (χ4v) is 11.6. The molecule has 0 bridgehead atoms. The summed E-state index contributed by atoms with van der Waals surface area (Å²) in [6.07, 6.45) is 5.09. The smallest absolute Gasteiger partial charge is 0.0541 e. The quantitative estimate of drug-likeness (QED) is 0.156. The van der Waals surface area contributed by atoms with Crippen molar-refractivity contribution in [2.45, 2.75) is 51.9 Å². The van der Waals surface area contributed by atoms with Crippen LogP contribution in [0.15, 0.2) is 194 Å². The number of fused-ring (bicyclic) bond motifs is 8. The number of aromatic nitrogens is 1. The van der Waals surface area contributed by atoms with Gasteiger partial charge in [0.25, 0.3) is 0 Å². The number of para-hydroxylation sites is 3. The molecule has 4 atom stereocenters. The number of nitrogens with zero attached hydrogens (tertiary/aromatic N) is 2. The van der Waals surface area contributed by atoms with Gasteiger partial charge in [0.1, 0.15) is 0 Å². The minimum atomic E-state index is 0.0396. The van der Waals surface area contributed by atoms with Crippen molar-refractivity contribution in [1.29, 1.82) is 0 Å². The van der Waals surface area contributed by atoms with Gasteiger partial charge in [0.15, 0.2) is 0 Å². The van der Waals surface area contributed by atoms with Crippen LogP contribution in [0, 0.1) is 17.8 Å². The lowest BCUT2D eigenvalue weighted by Gasteiger charge is -2.38. The predicted molar refractivity (Wildman–Crippen MR) is 259 cm³/mol. The highest BCUT2D eigenvalue weighted by molar-refractivity contribution is 6.09. The number of hydrogen-bond donors (Lipinski definition) is 0. The van der Waals surface area contributed by atoms with Gasteiger partial charge in [0.05, 0.1) is 16.7 Å². The lowest BCUT2D eigenvalue weighted by atomic mass is 9.65. The molecule has 0 radical (unpaired) electrons. The Morgan fingerprint density at radius 1 is 0.508 bits per heavy atom. The van der Waals surface area contributed by atoms with E-state index in [4.69, 9.17) is 0 Å². The molecule has 0 aliphatic heterocycles. The number of rotatable bonds is 7. The number of hydrogen-bond acceptors (Lipinski definition) is 1. The van der Waals surface area contributed by atoms with Gasteiger partial charge in [-0.3, -0.25) is 0 Å². The summed E-state index contributed by atoms with van der Waals surface area (Å²) in [5, 5.41) is 2.54. The van der Waals surface area contributed by atoms with Crippen molar-refractivity contribution >= 4 is 38.9 Å². The summed E-state index contributed by atoms with van der Waals surface area (Å²) in [5.41, 5.74) is 17.8. The summed E-state index contributed by atoms with van der Waals surface area (Å²) >= 11 is 0. The number of benzene rings is 8. The van der Waals surface area contributed by atoms with Crippen molar-refractivity contribution in [3.8, 4) is 39.1 Å². The first-order valence-electron chi connectivity index (χ1n) is 22.4. The Bertz CT molecular complexity index is 2980. The maximum absolute atomic E-state index is 2.54. The van der Waals surface area contributed by atoms with Crippen LogP contribution in [0.4, 0.5) is 17.1 Å². The Balaban J connectivity index is 1.05. The molecule has 1 aromatic heterocycles. The zero-order valence-electron chi connectivity index (χ0n) is 35.4. The molecule has 1 heterocycles. The van der Waals surface area contributed by atoms with Crippen molar-refractivity contribution in [2.24, 2.45) is 17.8 Å². The SMILES string of the molecule is CCC1C[C@@H](C)C[C@@]2(c3ccccc3-c3cc(-c4ccccc4N(c4ccc(-c5ccccc5)cc4)c4ccc(-n5c6ccccc6c6ccccc65)cc4)ccc32)[C@@H](C)C1. The highest BCUT2D eigenvalue weighted by Gasteiger charge is 2.49. The van der Waals surface area contributed by atoms with Crippen molar-refractivity contribution < 1.29 is 0 Å². The summed E-state index contributed by atoms with van der Waals surface area (Å²) in [5.74, 6) is 2.04. The standard InChI is InChI=1S/C59H52N2/c1-4-42-36-40(2)39-59(41(3)37-42)54-22-12-8-19-50(54)53-38-45(28-35-55(53)59)49-18-9-13-23-56(49)60(46-29-26-44(27-30-46)43-16-6-5-7-17-43)47-31-33-48(34-32-47)61-57-24-14-10-20-51(57)52-21-11-15-25-58(52)61/h5-35,38,40-42H,4,36-37,39H2,1-3H3/t40-,41+,42?,59+/m1/s1. The van der Waals surface area contributed by atoms with Crippen LogP contribution < -0.4 is 4.90 Å². The molecule has 0 amide bonds. The maximum atomic E-state index is 2.54. The molecule has 2 nitrogen and oxygen atoms in total.